The molecular formula is C31H33FN4O3Si. The Balaban J connectivity index is 1.57. The number of hydrogen-bond acceptors (Lipinski definition) is 6. The van der Waals surface area contributed by atoms with Gasteiger partial charge >= 0.3 is 0 Å². The second-order valence-corrected chi connectivity index (χ2v) is 15.8. The Morgan fingerprint density at radius 2 is 1.65 bits per heavy atom. The van der Waals surface area contributed by atoms with Crippen molar-refractivity contribution >= 4 is 24.8 Å². The third-order valence-electron chi connectivity index (χ3n) is 6.48. The summed E-state index contributed by atoms with van der Waals surface area (Å²) in [6, 6.07) is 24.4. The molecule has 5 rings (SSSR count). The van der Waals surface area contributed by atoms with Crippen LogP contribution in [0.2, 0.25) is 19.6 Å². The fourth-order valence-corrected chi connectivity index (χ4v) is 6.27. The minimum absolute atomic E-state index is 0.0551. The molecule has 0 bridgehead atoms. The summed E-state index contributed by atoms with van der Waals surface area (Å²) in [4.78, 5) is 9.04. The van der Waals surface area contributed by atoms with Crippen LogP contribution >= 0.6 is 0 Å². The Labute approximate surface area is 234 Å². The van der Waals surface area contributed by atoms with Crippen LogP contribution in [0.25, 0.3) is 22.3 Å². The highest BCUT2D eigenvalue weighted by Gasteiger charge is 2.33. The maximum Gasteiger partial charge on any atom is 0.231 e. The average molecular weight is 557 g/mol. The van der Waals surface area contributed by atoms with Gasteiger partial charge in [0.15, 0.2) is 0 Å². The monoisotopic (exact) mass is 556 g/mol. The van der Waals surface area contributed by atoms with Gasteiger partial charge in [0, 0.05) is 12.7 Å². The van der Waals surface area contributed by atoms with E-state index < -0.39 is 13.9 Å². The first kappa shape index (κ1) is 27.4. The maximum absolute atomic E-state index is 14.1. The fraction of sp³-hybridized carbons (Fsp3) is 0.226. The number of anilines is 1. The van der Waals surface area contributed by atoms with Gasteiger partial charge in [-0.3, -0.25) is 0 Å². The Morgan fingerprint density at radius 3 is 2.33 bits per heavy atom. The molecule has 206 valence electrons. The van der Waals surface area contributed by atoms with Gasteiger partial charge in [-0.05, 0) is 60.5 Å². The van der Waals surface area contributed by atoms with E-state index in [0.717, 1.165) is 22.6 Å². The lowest BCUT2D eigenvalue weighted by atomic mass is 10.1. The smallest absolute Gasteiger partial charge is 0.231 e. The van der Waals surface area contributed by atoms with Crippen LogP contribution < -0.4 is 15.2 Å². The van der Waals surface area contributed by atoms with Gasteiger partial charge in [-0.1, -0.05) is 50.0 Å². The molecule has 0 saturated heterocycles. The van der Waals surface area contributed by atoms with Crippen molar-refractivity contribution in [2.24, 2.45) is 0 Å². The summed E-state index contributed by atoms with van der Waals surface area (Å²) < 4.78 is 34.7. The van der Waals surface area contributed by atoms with E-state index in [1.165, 1.54) is 18.5 Å². The first-order valence-corrected chi connectivity index (χ1v) is 16.8. The SMILES string of the molecule is CCOC(n1c(-c2ccc(OCc3ccccc3)cc2)cc2c(Oc3ccc(N)c(F)c3)ncnc21)[Si](C)(C)C. The molecule has 1 unspecified atom stereocenters. The highest BCUT2D eigenvalue weighted by Crippen LogP contribution is 2.39. The Morgan fingerprint density at radius 1 is 0.925 bits per heavy atom. The van der Waals surface area contributed by atoms with Gasteiger partial charge in [0.2, 0.25) is 5.88 Å². The molecule has 0 fully saturated rings. The maximum atomic E-state index is 14.1. The van der Waals surface area contributed by atoms with E-state index >= 15 is 0 Å². The van der Waals surface area contributed by atoms with Crippen LogP contribution in [0.1, 0.15) is 18.3 Å². The number of nitrogens with zero attached hydrogens (tertiary/aromatic N) is 3. The molecule has 5 aromatic rings. The molecule has 40 heavy (non-hydrogen) atoms. The van der Waals surface area contributed by atoms with Crippen molar-refractivity contribution in [1.29, 1.82) is 0 Å². The highest BCUT2D eigenvalue weighted by atomic mass is 28.3. The molecule has 0 amide bonds. The first-order chi connectivity index (χ1) is 19.2. The molecule has 0 aliphatic carbocycles. The summed E-state index contributed by atoms with van der Waals surface area (Å²) in [7, 11) is -1.91. The molecule has 2 N–H and O–H groups in total. The van der Waals surface area contributed by atoms with Gasteiger partial charge in [-0.25, -0.2) is 14.4 Å². The topological polar surface area (TPSA) is 84.4 Å². The van der Waals surface area contributed by atoms with Gasteiger partial charge in [0.1, 0.15) is 49.8 Å². The number of nitrogens with two attached hydrogens (primary N) is 1. The van der Waals surface area contributed by atoms with Gasteiger partial charge in [-0.15, -0.1) is 0 Å². The summed E-state index contributed by atoms with van der Waals surface area (Å²) in [6.45, 7) is 9.83. The number of ether oxygens (including phenoxy) is 3. The second kappa shape index (κ2) is 11.5. The largest absolute Gasteiger partial charge is 0.489 e. The molecule has 9 heteroatoms. The lowest BCUT2D eigenvalue weighted by Gasteiger charge is -2.32. The predicted molar refractivity (Wildman–Crippen MR) is 159 cm³/mol. The third-order valence-corrected chi connectivity index (χ3v) is 8.39. The van der Waals surface area contributed by atoms with E-state index in [1.807, 2.05) is 67.6 Å². The molecule has 0 aliphatic heterocycles. The number of fused-ring (bicyclic) bond motifs is 1. The Hall–Kier alpha value is -4.21. The molecule has 7 nitrogen and oxygen atoms in total. The van der Waals surface area contributed by atoms with E-state index in [0.29, 0.717) is 35.9 Å². The van der Waals surface area contributed by atoms with Gasteiger partial charge in [0.25, 0.3) is 0 Å². The standard InChI is InChI=1S/C31H33FN4O3Si/c1-5-37-31(40(2,3)4)36-28(22-11-13-23(14-12-22)38-19-21-9-7-6-8-10-21)18-25-29(36)34-20-35-30(25)39-24-15-16-27(33)26(32)17-24/h6-18,20,31H,5,19,33H2,1-4H3. The number of benzene rings is 3. The lowest BCUT2D eigenvalue weighted by molar-refractivity contribution is 0.0675. The van der Waals surface area contributed by atoms with Crippen LogP contribution in [-0.4, -0.2) is 29.2 Å². The molecule has 2 heterocycles. The highest BCUT2D eigenvalue weighted by molar-refractivity contribution is 6.76. The van der Waals surface area contributed by atoms with E-state index in [1.54, 1.807) is 6.07 Å². The normalized spacial score (nSPS) is 12.4. The van der Waals surface area contributed by atoms with Crippen LogP contribution in [0.15, 0.2) is 85.2 Å². The minimum Gasteiger partial charge on any atom is -0.489 e. The third kappa shape index (κ3) is 5.85. The molecule has 3 aromatic carbocycles. The predicted octanol–water partition coefficient (Wildman–Crippen LogP) is 7.60. The van der Waals surface area contributed by atoms with Crippen molar-refractivity contribution in [1.82, 2.24) is 14.5 Å². The van der Waals surface area contributed by atoms with Crippen molar-refractivity contribution in [2.75, 3.05) is 12.3 Å². The van der Waals surface area contributed by atoms with Crippen LogP contribution in [-0.2, 0) is 11.3 Å². The summed E-state index contributed by atoms with van der Waals surface area (Å²) in [5.74, 6) is 0.646. The molecule has 0 aliphatic rings. The number of aromatic nitrogens is 3. The van der Waals surface area contributed by atoms with Gasteiger partial charge in [-0.2, -0.15) is 0 Å². The second-order valence-electron chi connectivity index (χ2n) is 10.6. The minimum atomic E-state index is -1.91. The molecule has 2 aromatic heterocycles. The van der Waals surface area contributed by atoms with Crippen LogP contribution in [0.4, 0.5) is 10.1 Å². The number of hydrogen-bond donors (Lipinski definition) is 1. The quantitative estimate of drug-likeness (QED) is 0.141. The van der Waals surface area contributed by atoms with Crippen molar-refractivity contribution in [3.05, 3.63) is 96.6 Å². The zero-order valence-corrected chi connectivity index (χ0v) is 24.1. The zero-order valence-electron chi connectivity index (χ0n) is 23.1. The van der Waals surface area contributed by atoms with Crippen LogP contribution in [0, 0.1) is 5.82 Å². The average Bonchev–Trinajstić information content (AvgIpc) is 3.33. The molecule has 0 saturated carbocycles. The summed E-state index contributed by atoms with van der Waals surface area (Å²) in [5, 5.41) is 0.696. The molecular weight excluding hydrogens is 523 g/mol. The van der Waals surface area contributed by atoms with E-state index in [4.69, 9.17) is 19.9 Å². The molecule has 0 radical (unpaired) electrons. The van der Waals surface area contributed by atoms with Gasteiger partial charge in [0.05, 0.1) is 16.8 Å². The van der Waals surface area contributed by atoms with Crippen LogP contribution in [0.3, 0.4) is 0 Å². The Bertz CT molecular complexity index is 1600. The van der Waals surface area contributed by atoms with Crippen molar-refractivity contribution in [3.63, 3.8) is 0 Å². The summed E-state index contributed by atoms with van der Waals surface area (Å²) in [6.07, 6.45) is 1.46. The number of rotatable bonds is 10. The first-order valence-electron chi connectivity index (χ1n) is 13.2. The number of nitrogen functional groups attached to an aromatic ring is 1. The molecule has 0 spiro atoms. The summed E-state index contributed by atoms with van der Waals surface area (Å²) in [5.41, 5.74) is 9.37. The lowest BCUT2D eigenvalue weighted by Crippen LogP contribution is -2.37. The zero-order chi connectivity index (χ0) is 28.3. The van der Waals surface area contributed by atoms with Crippen molar-refractivity contribution in [3.8, 4) is 28.6 Å². The number of halogens is 1. The molecule has 1 atom stereocenters. The summed E-state index contributed by atoms with van der Waals surface area (Å²) >= 11 is 0. The Kier molecular flexibility index (Phi) is 7.86. The fourth-order valence-electron chi connectivity index (χ4n) is 4.57. The van der Waals surface area contributed by atoms with Gasteiger partial charge < -0.3 is 24.5 Å². The van der Waals surface area contributed by atoms with E-state index in [-0.39, 0.29) is 11.5 Å². The van der Waals surface area contributed by atoms with Crippen LogP contribution in [0.5, 0.6) is 17.4 Å². The van der Waals surface area contributed by atoms with E-state index in [2.05, 4.69) is 34.2 Å². The van der Waals surface area contributed by atoms with Crippen molar-refractivity contribution in [2.45, 2.75) is 39.0 Å². The van der Waals surface area contributed by atoms with Crippen molar-refractivity contribution < 1.29 is 18.6 Å². The van der Waals surface area contributed by atoms with E-state index in [9.17, 15) is 4.39 Å².